The Labute approximate surface area is 153 Å². The molecule has 1 aliphatic rings. The second-order valence-corrected chi connectivity index (χ2v) is 6.13. The summed E-state index contributed by atoms with van der Waals surface area (Å²) >= 11 is 0. The first-order valence-electron chi connectivity index (χ1n) is 8.06. The third kappa shape index (κ3) is 3.91. The lowest BCUT2D eigenvalue weighted by molar-refractivity contribution is -0.269. The van der Waals surface area contributed by atoms with Crippen molar-refractivity contribution in [1.29, 1.82) is 0 Å². The van der Waals surface area contributed by atoms with Crippen molar-refractivity contribution in [1.82, 2.24) is 5.32 Å². The van der Waals surface area contributed by atoms with E-state index in [1.165, 1.54) is 13.8 Å². The summed E-state index contributed by atoms with van der Waals surface area (Å²) in [5, 5.41) is 13.5. The summed E-state index contributed by atoms with van der Waals surface area (Å²) in [7, 11) is 0. The number of halogens is 2. The SMILES string of the molecule is CCC(=O)OCOC(=O)C1(C)NC(C)C(=O)OC1(O)c1cc(F)cc(F)c1. The number of benzene rings is 1. The number of cyclic esters (lactones) is 1. The number of esters is 3. The minimum Gasteiger partial charge on any atom is -0.428 e. The molecule has 1 aromatic rings. The molecule has 0 aromatic heterocycles. The fraction of sp³-hybridized carbons (Fsp3) is 0.471. The number of aliphatic hydroxyl groups is 1. The molecule has 27 heavy (non-hydrogen) atoms. The van der Waals surface area contributed by atoms with Crippen molar-refractivity contribution in [3.05, 3.63) is 35.4 Å². The van der Waals surface area contributed by atoms with Crippen LogP contribution in [0, 0.1) is 11.6 Å². The predicted molar refractivity (Wildman–Crippen MR) is 84.7 cm³/mol. The standard InChI is InChI=1S/C17H19F2NO7/c1-4-13(21)25-8-26-15(23)16(3)17(24,27-14(22)9(2)20-16)10-5-11(18)7-12(19)6-10/h5-7,9,20,24H,4,8H2,1-3H3. The van der Waals surface area contributed by atoms with Crippen molar-refractivity contribution < 1.29 is 42.5 Å². The summed E-state index contributed by atoms with van der Waals surface area (Å²) in [5.41, 5.74) is -2.67. The van der Waals surface area contributed by atoms with Crippen molar-refractivity contribution in [3.8, 4) is 0 Å². The number of hydrogen-bond acceptors (Lipinski definition) is 8. The molecule has 1 fully saturated rings. The van der Waals surface area contributed by atoms with Crippen LogP contribution < -0.4 is 5.32 Å². The average Bonchev–Trinajstić information content (AvgIpc) is 2.58. The van der Waals surface area contributed by atoms with E-state index in [-0.39, 0.29) is 6.42 Å². The van der Waals surface area contributed by atoms with Crippen LogP contribution >= 0.6 is 0 Å². The molecule has 10 heteroatoms. The first-order chi connectivity index (χ1) is 12.5. The van der Waals surface area contributed by atoms with Gasteiger partial charge in [0.15, 0.2) is 5.54 Å². The second kappa shape index (κ2) is 7.57. The zero-order valence-corrected chi connectivity index (χ0v) is 14.9. The van der Waals surface area contributed by atoms with E-state index < -0.39 is 59.3 Å². The van der Waals surface area contributed by atoms with E-state index >= 15 is 0 Å². The fourth-order valence-electron chi connectivity index (χ4n) is 2.62. The van der Waals surface area contributed by atoms with Gasteiger partial charge in [0.05, 0.1) is 0 Å². The molecule has 148 valence electrons. The van der Waals surface area contributed by atoms with Gasteiger partial charge in [-0.25, -0.2) is 13.6 Å². The first kappa shape index (κ1) is 20.7. The molecule has 2 rings (SSSR count). The lowest BCUT2D eigenvalue weighted by Gasteiger charge is -2.47. The molecular weight excluding hydrogens is 368 g/mol. The second-order valence-electron chi connectivity index (χ2n) is 6.13. The van der Waals surface area contributed by atoms with Crippen molar-refractivity contribution in [2.45, 2.75) is 44.6 Å². The maximum atomic E-state index is 13.6. The normalized spacial score (nSPS) is 27.6. The summed E-state index contributed by atoms with van der Waals surface area (Å²) in [6, 6.07) is 0.945. The Morgan fingerprint density at radius 1 is 1.26 bits per heavy atom. The van der Waals surface area contributed by atoms with Gasteiger partial charge in [-0.1, -0.05) is 6.92 Å². The highest BCUT2D eigenvalue weighted by Gasteiger charge is 2.62. The zero-order valence-electron chi connectivity index (χ0n) is 14.9. The van der Waals surface area contributed by atoms with E-state index in [4.69, 9.17) is 9.47 Å². The topological polar surface area (TPSA) is 111 Å². The summed E-state index contributed by atoms with van der Waals surface area (Å²) in [6.45, 7) is 3.27. The van der Waals surface area contributed by atoms with Crippen LogP contribution in [-0.4, -0.2) is 41.4 Å². The number of carbonyl (C=O) groups excluding carboxylic acids is 3. The molecule has 0 bridgehead atoms. The lowest BCUT2D eigenvalue weighted by Crippen LogP contribution is -2.73. The molecule has 3 unspecified atom stereocenters. The number of morpholine rings is 1. The van der Waals surface area contributed by atoms with Crippen LogP contribution in [0.3, 0.4) is 0 Å². The molecule has 0 amide bonds. The fourth-order valence-corrected chi connectivity index (χ4v) is 2.62. The molecule has 1 aromatic carbocycles. The maximum Gasteiger partial charge on any atom is 0.336 e. The minimum absolute atomic E-state index is 0.0498. The molecule has 3 atom stereocenters. The largest absolute Gasteiger partial charge is 0.428 e. The Hall–Kier alpha value is -2.59. The number of nitrogens with one attached hydrogen (secondary N) is 1. The van der Waals surface area contributed by atoms with Crippen LogP contribution in [-0.2, 0) is 34.4 Å². The van der Waals surface area contributed by atoms with Crippen molar-refractivity contribution in [2.24, 2.45) is 0 Å². The third-order valence-electron chi connectivity index (χ3n) is 4.15. The quantitative estimate of drug-likeness (QED) is 0.565. The van der Waals surface area contributed by atoms with Crippen molar-refractivity contribution in [3.63, 3.8) is 0 Å². The van der Waals surface area contributed by atoms with Gasteiger partial charge in [0, 0.05) is 18.1 Å². The summed E-state index contributed by atoms with van der Waals surface area (Å²) in [5.74, 6) is -7.65. The molecule has 0 saturated carbocycles. The van der Waals surface area contributed by atoms with Crippen molar-refractivity contribution in [2.75, 3.05) is 6.79 Å². The Kier molecular flexibility index (Phi) is 5.81. The molecule has 0 radical (unpaired) electrons. The van der Waals surface area contributed by atoms with E-state index in [0.29, 0.717) is 6.07 Å². The molecule has 8 nitrogen and oxygen atoms in total. The van der Waals surface area contributed by atoms with Crippen LogP contribution in [0.25, 0.3) is 0 Å². The van der Waals surface area contributed by atoms with Crippen molar-refractivity contribution >= 4 is 17.9 Å². The van der Waals surface area contributed by atoms with Crippen LogP contribution in [0.5, 0.6) is 0 Å². The number of hydrogen-bond donors (Lipinski definition) is 2. The highest BCUT2D eigenvalue weighted by molar-refractivity contribution is 5.87. The third-order valence-corrected chi connectivity index (χ3v) is 4.15. The summed E-state index contributed by atoms with van der Waals surface area (Å²) in [4.78, 5) is 35.7. The molecule has 1 saturated heterocycles. The average molecular weight is 387 g/mol. The minimum atomic E-state index is -2.79. The van der Waals surface area contributed by atoms with E-state index in [1.807, 2.05) is 0 Å². The highest BCUT2D eigenvalue weighted by atomic mass is 19.1. The van der Waals surface area contributed by atoms with Gasteiger partial charge in [0.2, 0.25) is 6.79 Å². The van der Waals surface area contributed by atoms with Gasteiger partial charge in [-0.05, 0) is 26.0 Å². The molecule has 2 N–H and O–H groups in total. The van der Waals surface area contributed by atoms with E-state index in [0.717, 1.165) is 19.1 Å². The molecule has 0 spiro atoms. The Morgan fingerprint density at radius 2 is 1.85 bits per heavy atom. The summed E-state index contributed by atoms with van der Waals surface area (Å²) in [6.07, 6.45) is 0.0498. The van der Waals surface area contributed by atoms with Crippen LogP contribution in [0.15, 0.2) is 18.2 Å². The van der Waals surface area contributed by atoms with E-state index in [9.17, 15) is 28.3 Å². The Balaban J connectivity index is 2.40. The number of rotatable bonds is 5. The van der Waals surface area contributed by atoms with E-state index in [2.05, 4.69) is 10.1 Å². The van der Waals surface area contributed by atoms with Gasteiger partial charge >= 0.3 is 17.9 Å². The van der Waals surface area contributed by atoms with Gasteiger partial charge in [-0.15, -0.1) is 0 Å². The molecule has 0 aliphatic carbocycles. The van der Waals surface area contributed by atoms with E-state index in [1.54, 1.807) is 0 Å². The van der Waals surface area contributed by atoms with Gasteiger partial charge in [0.1, 0.15) is 17.7 Å². The lowest BCUT2D eigenvalue weighted by atomic mass is 9.82. The molecule has 1 heterocycles. The number of carbonyl (C=O) groups is 3. The van der Waals surface area contributed by atoms with Gasteiger partial charge < -0.3 is 19.3 Å². The van der Waals surface area contributed by atoms with Crippen LogP contribution in [0.1, 0.15) is 32.8 Å². The van der Waals surface area contributed by atoms with Gasteiger partial charge in [-0.2, -0.15) is 0 Å². The number of ether oxygens (including phenoxy) is 3. The molecular formula is C17H19F2NO7. The van der Waals surface area contributed by atoms with Gasteiger partial charge in [-0.3, -0.25) is 14.9 Å². The predicted octanol–water partition coefficient (Wildman–Crippen LogP) is 0.857. The monoisotopic (exact) mass is 387 g/mol. The Bertz CT molecular complexity index is 751. The van der Waals surface area contributed by atoms with Crippen LogP contribution in [0.4, 0.5) is 8.78 Å². The van der Waals surface area contributed by atoms with Crippen LogP contribution in [0.2, 0.25) is 0 Å². The Morgan fingerprint density at radius 3 is 2.41 bits per heavy atom. The zero-order chi connectivity index (χ0) is 20.4. The summed E-state index contributed by atoms with van der Waals surface area (Å²) < 4.78 is 41.7. The first-order valence-corrected chi connectivity index (χ1v) is 8.06. The molecule has 1 aliphatic heterocycles. The maximum absolute atomic E-state index is 13.6. The highest BCUT2D eigenvalue weighted by Crippen LogP contribution is 2.39. The smallest absolute Gasteiger partial charge is 0.336 e. The van der Waals surface area contributed by atoms with Gasteiger partial charge in [0.25, 0.3) is 5.79 Å².